The van der Waals surface area contributed by atoms with Crippen molar-refractivity contribution in [2.24, 2.45) is 5.41 Å². The zero-order valence-electron chi connectivity index (χ0n) is 22.0. The highest BCUT2D eigenvalue weighted by atomic mass is 32.1. The number of nitrogens with zero attached hydrogens (tertiary/aromatic N) is 5. The monoisotopic (exact) mass is 554 g/mol. The third-order valence-corrected chi connectivity index (χ3v) is 7.55. The maximum atomic E-state index is 16.1. The van der Waals surface area contributed by atoms with Gasteiger partial charge in [0.05, 0.1) is 45.6 Å². The number of carbonyl (C=O) groups is 2. The van der Waals surface area contributed by atoms with Crippen LogP contribution in [0, 0.1) is 11.2 Å². The number of hydrogen-bond donors (Lipinski definition) is 3. The number of aromatic nitrogens is 7. The summed E-state index contributed by atoms with van der Waals surface area (Å²) >= 11 is 1.36. The van der Waals surface area contributed by atoms with E-state index in [1.165, 1.54) is 36.9 Å². The number of ketones is 1. The fourth-order valence-electron chi connectivity index (χ4n) is 4.20. The molecule has 0 aliphatic carbocycles. The minimum Gasteiger partial charge on any atom is -0.335 e. The molecule has 6 heterocycles. The highest BCUT2D eigenvalue weighted by molar-refractivity contribution is 7.17. The second-order valence-electron chi connectivity index (χ2n) is 10.3. The predicted molar refractivity (Wildman–Crippen MR) is 151 cm³/mol. The van der Waals surface area contributed by atoms with Gasteiger partial charge in [0.2, 0.25) is 5.91 Å². The first-order valence-electron chi connectivity index (χ1n) is 12.3. The maximum Gasteiger partial charge on any atom is 0.229 e. The highest BCUT2D eigenvalue weighted by Gasteiger charge is 2.24. The first-order valence-corrected chi connectivity index (χ1v) is 13.2. The maximum absolute atomic E-state index is 16.1. The fourth-order valence-corrected chi connectivity index (χ4v) is 5.11. The fraction of sp³-hybridized carbons (Fsp3) is 0.179. The molecule has 40 heavy (non-hydrogen) atoms. The number of carbonyl (C=O) groups excluding carboxylic acids is 2. The van der Waals surface area contributed by atoms with E-state index < -0.39 is 11.2 Å². The number of anilines is 1. The number of aromatic amines is 2. The summed E-state index contributed by atoms with van der Waals surface area (Å²) in [6, 6.07) is 5.27. The van der Waals surface area contributed by atoms with Crippen LogP contribution in [0.2, 0.25) is 0 Å². The Hall–Kier alpha value is -4.84. The number of amides is 1. The lowest BCUT2D eigenvalue weighted by Gasteiger charge is -2.17. The minimum absolute atomic E-state index is 0.0145. The van der Waals surface area contributed by atoms with E-state index in [-0.39, 0.29) is 28.5 Å². The van der Waals surface area contributed by atoms with Gasteiger partial charge >= 0.3 is 0 Å². The third kappa shape index (κ3) is 4.41. The van der Waals surface area contributed by atoms with Gasteiger partial charge < -0.3 is 10.3 Å². The van der Waals surface area contributed by atoms with Gasteiger partial charge in [0.15, 0.2) is 17.4 Å². The Morgan fingerprint density at radius 1 is 1.00 bits per heavy atom. The smallest absolute Gasteiger partial charge is 0.229 e. The van der Waals surface area contributed by atoms with E-state index >= 15 is 4.39 Å². The van der Waals surface area contributed by atoms with E-state index in [1.54, 1.807) is 45.3 Å². The van der Waals surface area contributed by atoms with Gasteiger partial charge in [-0.25, -0.2) is 9.37 Å². The van der Waals surface area contributed by atoms with Crippen molar-refractivity contribution in [2.45, 2.75) is 27.7 Å². The predicted octanol–water partition coefficient (Wildman–Crippen LogP) is 6.01. The Morgan fingerprint density at radius 3 is 2.55 bits per heavy atom. The van der Waals surface area contributed by atoms with E-state index in [0.717, 1.165) is 10.4 Å². The molecule has 12 heteroatoms. The number of pyridine rings is 3. The first-order chi connectivity index (χ1) is 19.1. The normalized spacial score (nSPS) is 11.8. The van der Waals surface area contributed by atoms with Crippen LogP contribution in [0.1, 0.15) is 37.4 Å². The lowest BCUT2D eigenvalue weighted by atomic mass is 9.95. The average molecular weight is 555 g/mol. The Labute approximate surface area is 231 Å². The standard InChI is InChI=1S/C28H23FN8O2S/c1-13(38)19-5-6-20(40-19)16-10-31-11-18-24(16)35-26(34-18)25-21-17(36-37-25)12-32-23(22(21)29)14-7-15(9-30-8-14)33-27(39)28(2,3)4/h5-12H,1-4H3,(H,33,39)(H,34,35)(H,36,37). The molecule has 0 saturated carbocycles. The lowest BCUT2D eigenvalue weighted by molar-refractivity contribution is -0.123. The summed E-state index contributed by atoms with van der Waals surface area (Å²) in [6.45, 7) is 6.93. The first kappa shape index (κ1) is 25.4. The van der Waals surface area contributed by atoms with E-state index in [9.17, 15) is 9.59 Å². The molecule has 0 bridgehead atoms. The van der Waals surface area contributed by atoms with E-state index in [1.807, 2.05) is 6.07 Å². The average Bonchev–Trinajstić information content (AvgIpc) is 3.66. The van der Waals surface area contributed by atoms with Crippen molar-refractivity contribution in [2.75, 3.05) is 5.32 Å². The number of halogens is 1. The molecule has 6 rings (SSSR count). The van der Waals surface area contributed by atoms with Crippen LogP contribution in [-0.2, 0) is 4.79 Å². The van der Waals surface area contributed by atoms with Gasteiger partial charge in [-0.1, -0.05) is 20.8 Å². The number of nitrogens with one attached hydrogen (secondary N) is 3. The van der Waals surface area contributed by atoms with Crippen molar-refractivity contribution < 1.29 is 14.0 Å². The molecule has 1 amide bonds. The third-order valence-electron chi connectivity index (χ3n) is 6.33. The number of rotatable bonds is 5. The number of hydrogen-bond acceptors (Lipinski definition) is 8. The Morgan fingerprint density at radius 2 is 1.80 bits per heavy atom. The summed E-state index contributed by atoms with van der Waals surface area (Å²) < 4.78 is 16.1. The van der Waals surface area contributed by atoms with Crippen LogP contribution in [0.3, 0.4) is 0 Å². The number of fused-ring (bicyclic) bond motifs is 2. The second kappa shape index (κ2) is 9.42. The summed E-state index contributed by atoms with van der Waals surface area (Å²) in [5.41, 5.74) is 2.97. The summed E-state index contributed by atoms with van der Waals surface area (Å²) in [5.74, 6) is -0.463. The molecule has 6 aromatic rings. The summed E-state index contributed by atoms with van der Waals surface area (Å²) in [6.07, 6.45) is 7.80. The van der Waals surface area contributed by atoms with Gasteiger partial charge in [0.25, 0.3) is 0 Å². The largest absolute Gasteiger partial charge is 0.335 e. The molecule has 0 unspecified atom stereocenters. The quantitative estimate of drug-likeness (QED) is 0.221. The van der Waals surface area contributed by atoms with Crippen LogP contribution in [0.5, 0.6) is 0 Å². The molecule has 0 aliphatic rings. The molecule has 0 aliphatic heterocycles. The molecule has 0 fully saturated rings. The van der Waals surface area contributed by atoms with Crippen LogP contribution in [0.15, 0.2) is 49.2 Å². The van der Waals surface area contributed by atoms with Gasteiger partial charge in [-0.05, 0) is 25.1 Å². The lowest BCUT2D eigenvalue weighted by Crippen LogP contribution is -2.27. The molecule has 6 aromatic heterocycles. The molecule has 10 nitrogen and oxygen atoms in total. The summed E-state index contributed by atoms with van der Waals surface area (Å²) in [5, 5.41) is 10.2. The van der Waals surface area contributed by atoms with Gasteiger partial charge in [0, 0.05) is 33.8 Å². The number of Topliss-reactive ketones (excluding diaryl/α,β-unsaturated/α-hetero) is 1. The Balaban J connectivity index is 1.43. The molecular weight excluding hydrogens is 531 g/mol. The molecule has 200 valence electrons. The van der Waals surface area contributed by atoms with Crippen LogP contribution in [-0.4, -0.2) is 46.8 Å². The van der Waals surface area contributed by atoms with Crippen molar-refractivity contribution in [1.82, 2.24) is 35.1 Å². The van der Waals surface area contributed by atoms with Crippen LogP contribution < -0.4 is 5.32 Å². The minimum atomic E-state index is -0.606. The van der Waals surface area contributed by atoms with E-state index in [0.29, 0.717) is 38.5 Å². The SMILES string of the molecule is CC(=O)c1ccc(-c2cncc3[nH]c(-c4n[nH]c5cnc(-c6cncc(NC(=O)C(C)(C)C)c6)c(F)c45)nc23)s1. The molecule has 0 spiro atoms. The second-order valence-corrected chi connectivity index (χ2v) is 11.4. The van der Waals surface area contributed by atoms with Gasteiger partial charge in [-0.3, -0.25) is 29.6 Å². The molecule has 0 aromatic carbocycles. The van der Waals surface area contributed by atoms with Crippen LogP contribution >= 0.6 is 11.3 Å². The van der Waals surface area contributed by atoms with Crippen molar-refractivity contribution in [3.8, 4) is 33.2 Å². The number of thiophene rings is 1. The summed E-state index contributed by atoms with van der Waals surface area (Å²) in [7, 11) is 0. The van der Waals surface area contributed by atoms with Gasteiger partial charge in [-0.2, -0.15) is 5.10 Å². The van der Waals surface area contributed by atoms with Crippen molar-refractivity contribution in [3.05, 3.63) is 59.9 Å². The van der Waals surface area contributed by atoms with Crippen molar-refractivity contribution in [1.29, 1.82) is 0 Å². The number of H-pyrrole nitrogens is 2. The van der Waals surface area contributed by atoms with Crippen molar-refractivity contribution >= 4 is 50.7 Å². The zero-order valence-corrected chi connectivity index (χ0v) is 22.8. The molecular formula is C28H23FN8O2S. The van der Waals surface area contributed by atoms with E-state index in [4.69, 9.17) is 4.98 Å². The van der Waals surface area contributed by atoms with Crippen molar-refractivity contribution in [3.63, 3.8) is 0 Å². The highest BCUT2D eigenvalue weighted by Crippen LogP contribution is 2.36. The van der Waals surface area contributed by atoms with Gasteiger partial charge in [-0.15, -0.1) is 11.3 Å². The van der Waals surface area contributed by atoms with Gasteiger partial charge in [0.1, 0.15) is 16.9 Å². The Bertz CT molecular complexity index is 1950. The Kier molecular flexibility index (Phi) is 5.99. The number of imidazole rings is 1. The van der Waals surface area contributed by atoms with Crippen LogP contribution in [0.4, 0.5) is 10.1 Å². The molecule has 0 atom stereocenters. The van der Waals surface area contributed by atoms with Crippen LogP contribution in [0.25, 0.3) is 55.2 Å². The summed E-state index contributed by atoms with van der Waals surface area (Å²) in [4.78, 5) is 46.5. The zero-order chi connectivity index (χ0) is 28.2. The molecule has 3 N–H and O–H groups in total. The molecule has 0 saturated heterocycles. The van der Waals surface area contributed by atoms with E-state index in [2.05, 4.69) is 35.5 Å². The molecule has 0 radical (unpaired) electrons. The topological polar surface area (TPSA) is 142 Å².